The molecule has 0 amide bonds. The molecule has 0 aromatic heterocycles. The van der Waals surface area contributed by atoms with Gasteiger partial charge in [-0.25, -0.2) is 0 Å². The smallest absolute Gasteiger partial charge is 0.325 e. The van der Waals surface area contributed by atoms with E-state index in [0.717, 1.165) is 0 Å². The average molecular weight is 252 g/mol. The van der Waals surface area contributed by atoms with E-state index in [-0.39, 0.29) is 6.16 Å². The van der Waals surface area contributed by atoms with Crippen LogP contribution in [0.1, 0.15) is 40.0 Å². The molecule has 0 radical (unpaired) electrons. The lowest BCUT2D eigenvalue weighted by atomic mass is 9.71. The molecule has 3 N–H and O–H groups in total. The van der Waals surface area contributed by atoms with Gasteiger partial charge in [0.25, 0.3) is 0 Å². The quantitative estimate of drug-likeness (QED) is 0.603. The molecule has 0 aromatic carbocycles. The zero-order valence-electron chi connectivity index (χ0n) is 10.0. The first-order valence-electron chi connectivity index (χ1n) is 5.51. The molecule has 96 valence electrons. The van der Waals surface area contributed by atoms with Crippen LogP contribution < -0.4 is 0 Å². The van der Waals surface area contributed by atoms with Crippen LogP contribution in [-0.2, 0) is 9.36 Å². The molecule has 0 aliphatic carbocycles. The molecule has 0 aliphatic rings. The third-order valence-corrected chi connectivity index (χ3v) is 4.34. The van der Waals surface area contributed by atoms with Crippen LogP contribution in [0.3, 0.4) is 0 Å². The molecule has 0 bridgehead atoms. The topological polar surface area (TPSA) is 94.8 Å². The Morgan fingerprint density at radius 1 is 1.25 bits per heavy atom. The van der Waals surface area contributed by atoms with Crippen molar-refractivity contribution in [3.05, 3.63) is 0 Å². The van der Waals surface area contributed by atoms with Gasteiger partial charge in [0.2, 0.25) is 0 Å². The maximum atomic E-state index is 11.3. The molecule has 0 rings (SSSR count). The highest BCUT2D eigenvalue weighted by Gasteiger charge is 2.44. The van der Waals surface area contributed by atoms with Crippen molar-refractivity contribution >= 4 is 13.6 Å². The first-order valence-corrected chi connectivity index (χ1v) is 7.31. The Bertz CT molecular complexity index is 279. The van der Waals surface area contributed by atoms with Crippen molar-refractivity contribution in [3.8, 4) is 0 Å². The van der Waals surface area contributed by atoms with Gasteiger partial charge in [0.1, 0.15) is 0 Å². The Labute approximate surface area is 96.0 Å². The summed E-state index contributed by atoms with van der Waals surface area (Å²) in [5, 5.41) is 9.27. The first kappa shape index (κ1) is 15.6. The zero-order chi connectivity index (χ0) is 13.0. The minimum Gasteiger partial charge on any atom is -0.481 e. The highest BCUT2D eigenvalue weighted by molar-refractivity contribution is 7.51. The van der Waals surface area contributed by atoms with E-state index < -0.39 is 24.9 Å². The fourth-order valence-electron chi connectivity index (χ4n) is 2.29. The summed E-state index contributed by atoms with van der Waals surface area (Å²) in [6, 6.07) is 0. The molecule has 0 fully saturated rings. The Morgan fingerprint density at radius 3 is 1.88 bits per heavy atom. The Hall–Kier alpha value is -0.380. The third-order valence-electron chi connectivity index (χ3n) is 3.42. The van der Waals surface area contributed by atoms with Gasteiger partial charge in [-0.2, -0.15) is 0 Å². The second-order valence-corrected chi connectivity index (χ2v) is 5.82. The molecule has 6 heteroatoms. The number of carboxylic acid groups (broad SMARTS) is 1. The summed E-state index contributed by atoms with van der Waals surface area (Å²) in [4.78, 5) is 29.3. The summed E-state index contributed by atoms with van der Waals surface area (Å²) in [5.41, 5.74) is -1.02. The lowest BCUT2D eigenvalue weighted by Gasteiger charge is -2.35. The predicted molar refractivity (Wildman–Crippen MR) is 61.3 cm³/mol. The van der Waals surface area contributed by atoms with Gasteiger partial charge >= 0.3 is 13.6 Å². The second kappa shape index (κ2) is 5.80. The number of hydrogen-bond acceptors (Lipinski definition) is 2. The second-order valence-electron chi connectivity index (χ2n) is 4.12. The molecular formula is C10H21O5P. The molecule has 1 unspecified atom stereocenters. The summed E-state index contributed by atoms with van der Waals surface area (Å²) in [6.07, 6.45) is 0.880. The number of carbonyl (C=O) groups is 1. The van der Waals surface area contributed by atoms with Crippen molar-refractivity contribution in [3.63, 3.8) is 0 Å². The van der Waals surface area contributed by atoms with Gasteiger partial charge < -0.3 is 14.9 Å². The number of rotatable bonds is 7. The van der Waals surface area contributed by atoms with Gasteiger partial charge in [-0.1, -0.05) is 27.2 Å². The van der Waals surface area contributed by atoms with Gasteiger partial charge in [-0.3, -0.25) is 9.36 Å². The standard InChI is InChI=1S/C10H21O5P/c1-4-8(7-16(13,14)15)10(5-2,6-3)9(11)12/h8H,4-7H2,1-3H3,(H,11,12)(H2,13,14,15). The Balaban J connectivity index is 5.15. The van der Waals surface area contributed by atoms with Crippen molar-refractivity contribution in [2.24, 2.45) is 11.3 Å². The maximum absolute atomic E-state index is 11.3. The molecule has 0 aromatic rings. The highest BCUT2D eigenvalue weighted by atomic mass is 31.2. The monoisotopic (exact) mass is 252 g/mol. The number of carboxylic acids is 1. The van der Waals surface area contributed by atoms with Crippen molar-refractivity contribution in [1.82, 2.24) is 0 Å². The molecule has 0 heterocycles. The molecule has 1 atom stereocenters. The summed E-state index contributed by atoms with van der Waals surface area (Å²) in [7, 11) is -4.16. The molecule has 0 aliphatic heterocycles. The van der Waals surface area contributed by atoms with Crippen molar-refractivity contribution in [2.75, 3.05) is 6.16 Å². The Morgan fingerprint density at radius 2 is 1.69 bits per heavy atom. The Kier molecular flexibility index (Phi) is 5.66. The van der Waals surface area contributed by atoms with E-state index in [1.165, 1.54) is 0 Å². The lowest BCUT2D eigenvalue weighted by Crippen LogP contribution is -2.39. The van der Waals surface area contributed by atoms with Crippen LogP contribution in [0.2, 0.25) is 0 Å². The highest BCUT2D eigenvalue weighted by Crippen LogP contribution is 2.46. The molecule has 0 saturated carbocycles. The predicted octanol–water partition coefficient (Wildman–Crippen LogP) is 2.08. The average Bonchev–Trinajstić information content (AvgIpc) is 2.16. The van der Waals surface area contributed by atoms with Gasteiger partial charge in [-0.15, -0.1) is 0 Å². The van der Waals surface area contributed by atoms with E-state index in [1.807, 2.05) is 0 Å². The van der Waals surface area contributed by atoms with Gasteiger partial charge in [0.05, 0.1) is 11.6 Å². The van der Waals surface area contributed by atoms with Crippen LogP contribution >= 0.6 is 7.60 Å². The molecule has 0 spiro atoms. The van der Waals surface area contributed by atoms with E-state index in [0.29, 0.717) is 19.3 Å². The van der Waals surface area contributed by atoms with E-state index in [1.54, 1.807) is 20.8 Å². The van der Waals surface area contributed by atoms with Gasteiger partial charge in [0.15, 0.2) is 0 Å². The zero-order valence-corrected chi connectivity index (χ0v) is 10.9. The van der Waals surface area contributed by atoms with E-state index in [4.69, 9.17) is 9.79 Å². The fourth-order valence-corrected chi connectivity index (χ4v) is 3.47. The summed E-state index contributed by atoms with van der Waals surface area (Å²) in [6.45, 7) is 5.27. The number of aliphatic carboxylic acids is 1. The molecule has 16 heavy (non-hydrogen) atoms. The van der Waals surface area contributed by atoms with Crippen LogP contribution in [0.4, 0.5) is 0 Å². The van der Waals surface area contributed by atoms with Gasteiger partial charge in [0, 0.05) is 0 Å². The maximum Gasteiger partial charge on any atom is 0.325 e. The van der Waals surface area contributed by atoms with Crippen LogP contribution in [0, 0.1) is 11.3 Å². The van der Waals surface area contributed by atoms with Gasteiger partial charge in [-0.05, 0) is 18.8 Å². The summed E-state index contributed by atoms with van der Waals surface area (Å²) < 4.78 is 11.0. The minimum absolute atomic E-state index is 0.350. The first-order chi connectivity index (χ1) is 7.23. The minimum atomic E-state index is -4.16. The normalized spacial score (nSPS) is 14.8. The van der Waals surface area contributed by atoms with E-state index in [9.17, 15) is 14.5 Å². The SMILES string of the molecule is CCC(CP(=O)(O)O)C(CC)(CC)C(=O)O. The van der Waals surface area contributed by atoms with Crippen molar-refractivity contribution in [1.29, 1.82) is 0 Å². The van der Waals surface area contributed by atoms with E-state index >= 15 is 0 Å². The van der Waals surface area contributed by atoms with Crippen molar-refractivity contribution < 1.29 is 24.3 Å². The molecule has 5 nitrogen and oxygen atoms in total. The summed E-state index contributed by atoms with van der Waals surface area (Å²) >= 11 is 0. The van der Waals surface area contributed by atoms with Crippen LogP contribution in [0.5, 0.6) is 0 Å². The fraction of sp³-hybridized carbons (Fsp3) is 0.900. The number of hydrogen-bond donors (Lipinski definition) is 3. The largest absolute Gasteiger partial charge is 0.481 e. The molecular weight excluding hydrogens is 231 g/mol. The van der Waals surface area contributed by atoms with Crippen LogP contribution in [0.25, 0.3) is 0 Å². The van der Waals surface area contributed by atoms with Crippen LogP contribution in [0.15, 0.2) is 0 Å². The lowest BCUT2D eigenvalue weighted by molar-refractivity contribution is -0.153. The van der Waals surface area contributed by atoms with E-state index in [2.05, 4.69) is 0 Å². The van der Waals surface area contributed by atoms with Crippen LogP contribution in [-0.4, -0.2) is 27.0 Å². The molecule has 0 saturated heterocycles. The van der Waals surface area contributed by atoms with Crippen molar-refractivity contribution in [2.45, 2.75) is 40.0 Å². The summed E-state index contributed by atoms with van der Waals surface area (Å²) in [5.74, 6) is -1.45. The third kappa shape index (κ3) is 3.58.